The van der Waals surface area contributed by atoms with Gasteiger partial charge < -0.3 is 11.1 Å². The van der Waals surface area contributed by atoms with Crippen molar-refractivity contribution in [2.75, 3.05) is 22.6 Å². The number of anilines is 2. The summed E-state index contributed by atoms with van der Waals surface area (Å²) in [6.07, 6.45) is 1.74. The van der Waals surface area contributed by atoms with E-state index in [-0.39, 0.29) is 22.7 Å². The van der Waals surface area contributed by atoms with Crippen LogP contribution in [-0.2, 0) is 17.8 Å². The Hall–Kier alpha value is -1.93. The first-order valence-corrected chi connectivity index (χ1v) is 10.6. The van der Waals surface area contributed by atoms with Crippen LogP contribution in [0.4, 0.5) is 15.9 Å². The molecule has 1 aliphatic heterocycles. The summed E-state index contributed by atoms with van der Waals surface area (Å²) in [5.74, 6) is 1.79. The van der Waals surface area contributed by atoms with Gasteiger partial charge in [-0.2, -0.15) is 5.10 Å². The van der Waals surface area contributed by atoms with E-state index in [1.165, 1.54) is 22.9 Å². The van der Waals surface area contributed by atoms with Crippen LogP contribution in [0.3, 0.4) is 0 Å². The standard InChI is InChI=1S/C18H20ClFN4O2S/c1-24-17(21)15(18(25)22-12-2-3-14(20)13(19)6-12)16(23-24)9-4-10-7-27(26)8-11(10)5-9/h2-3,6,9-11H,4-5,7-8,21H2,1H3,(H,22,25)/t9?,10-,11?,27?/m0/s1. The molecule has 2 aliphatic rings. The minimum atomic E-state index is -0.720. The van der Waals surface area contributed by atoms with Crippen LogP contribution in [0.5, 0.6) is 0 Å². The first kappa shape index (κ1) is 18.4. The maximum atomic E-state index is 13.3. The molecule has 1 amide bonds. The lowest BCUT2D eigenvalue weighted by Crippen LogP contribution is -2.16. The molecule has 3 N–H and O–H groups in total. The van der Waals surface area contributed by atoms with Gasteiger partial charge >= 0.3 is 0 Å². The number of carbonyl (C=O) groups is 1. The van der Waals surface area contributed by atoms with Crippen molar-refractivity contribution in [3.05, 3.63) is 40.3 Å². The highest BCUT2D eigenvalue weighted by atomic mass is 35.5. The van der Waals surface area contributed by atoms with Gasteiger partial charge in [-0.15, -0.1) is 0 Å². The zero-order chi connectivity index (χ0) is 19.3. The molecular weight excluding hydrogens is 391 g/mol. The fraction of sp³-hybridized carbons (Fsp3) is 0.444. The molecule has 0 spiro atoms. The van der Waals surface area contributed by atoms with Gasteiger partial charge in [0.25, 0.3) is 5.91 Å². The highest BCUT2D eigenvalue weighted by molar-refractivity contribution is 7.85. The number of halogens is 2. The first-order valence-electron chi connectivity index (χ1n) is 8.77. The second-order valence-electron chi connectivity index (χ2n) is 7.31. The maximum absolute atomic E-state index is 13.3. The Morgan fingerprint density at radius 2 is 2.04 bits per heavy atom. The predicted molar refractivity (Wildman–Crippen MR) is 104 cm³/mol. The molecule has 27 heavy (non-hydrogen) atoms. The Kier molecular flexibility index (Phi) is 4.71. The van der Waals surface area contributed by atoms with Crippen molar-refractivity contribution in [2.24, 2.45) is 18.9 Å². The van der Waals surface area contributed by atoms with E-state index in [1.54, 1.807) is 7.05 Å². The van der Waals surface area contributed by atoms with Crippen molar-refractivity contribution in [2.45, 2.75) is 18.8 Å². The third-order valence-corrected chi connectivity index (χ3v) is 7.44. The van der Waals surface area contributed by atoms with Gasteiger partial charge in [0.1, 0.15) is 17.2 Å². The number of amides is 1. The predicted octanol–water partition coefficient (Wildman–Crippen LogP) is 2.92. The first-order chi connectivity index (χ1) is 12.8. The number of benzene rings is 1. The lowest BCUT2D eigenvalue weighted by atomic mass is 9.98. The molecule has 3 unspecified atom stereocenters. The van der Waals surface area contributed by atoms with E-state index in [4.69, 9.17) is 17.3 Å². The SMILES string of the molecule is Cn1nc(C2CC3CS(=O)C[C@@H]3C2)c(C(=O)Nc2ccc(F)c(Cl)c2)c1N. The molecule has 1 aromatic carbocycles. The molecule has 9 heteroatoms. The van der Waals surface area contributed by atoms with Gasteiger partial charge in [0.05, 0.1) is 10.7 Å². The summed E-state index contributed by atoms with van der Waals surface area (Å²) in [6.45, 7) is 0. The van der Waals surface area contributed by atoms with Crippen LogP contribution in [0.25, 0.3) is 0 Å². The number of hydrogen-bond acceptors (Lipinski definition) is 4. The van der Waals surface area contributed by atoms with Crippen LogP contribution in [0, 0.1) is 17.7 Å². The molecule has 6 nitrogen and oxygen atoms in total. The number of carbonyl (C=O) groups excluding carboxylic acids is 1. The smallest absolute Gasteiger partial charge is 0.261 e. The van der Waals surface area contributed by atoms with E-state index < -0.39 is 16.6 Å². The van der Waals surface area contributed by atoms with Crippen molar-refractivity contribution < 1.29 is 13.4 Å². The Morgan fingerprint density at radius 3 is 2.67 bits per heavy atom. The number of aryl methyl sites for hydroxylation is 1. The molecule has 0 bridgehead atoms. The molecule has 1 saturated heterocycles. The fourth-order valence-corrected chi connectivity index (χ4v) is 6.32. The summed E-state index contributed by atoms with van der Waals surface area (Å²) in [5.41, 5.74) is 7.54. The monoisotopic (exact) mass is 410 g/mol. The quantitative estimate of drug-likeness (QED) is 0.814. The van der Waals surface area contributed by atoms with Gasteiger partial charge in [-0.1, -0.05) is 11.6 Å². The van der Waals surface area contributed by atoms with Gasteiger partial charge in [-0.05, 0) is 42.9 Å². The van der Waals surface area contributed by atoms with Crippen LogP contribution >= 0.6 is 11.6 Å². The summed E-state index contributed by atoms with van der Waals surface area (Å²) in [6, 6.07) is 4.00. The van der Waals surface area contributed by atoms with Crippen LogP contribution in [-0.4, -0.2) is 31.4 Å². The normalized spacial score (nSPS) is 26.9. The van der Waals surface area contributed by atoms with E-state index in [0.717, 1.165) is 24.3 Å². The Morgan fingerprint density at radius 1 is 1.37 bits per heavy atom. The lowest BCUT2D eigenvalue weighted by molar-refractivity contribution is 0.102. The van der Waals surface area contributed by atoms with Crippen molar-refractivity contribution in [3.63, 3.8) is 0 Å². The number of nitrogens with one attached hydrogen (secondary N) is 1. The average molecular weight is 411 g/mol. The molecule has 0 radical (unpaired) electrons. The summed E-state index contributed by atoms with van der Waals surface area (Å²) < 4.78 is 26.6. The molecule has 4 rings (SSSR count). The molecule has 4 atom stereocenters. The Labute approximate surface area is 163 Å². The molecule has 1 aliphatic carbocycles. The van der Waals surface area contributed by atoms with Crippen LogP contribution in [0.2, 0.25) is 5.02 Å². The molecule has 144 valence electrons. The van der Waals surface area contributed by atoms with Crippen molar-refractivity contribution >= 4 is 39.8 Å². The van der Waals surface area contributed by atoms with Gasteiger partial charge in [0.2, 0.25) is 0 Å². The Bertz CT molecular complexity index is 932. The fourth-order valence-electron chi connectivity index (χ4n) is 4.23. The van der Waals surface area contributed by atoms with Crippen LogP contribution < -0.4 is 11.1 Å². The number of nitrogens with two attached hydrogens (primary N) is 1. The van der Waals surface area contributed by atoms with E-state index in [0.29, 0.717) is 28.8 Å². The van der Waals surface area contributed by atoms with Gasteiger partial charge in [-0.3, -0.25) is 13.7 Å². The topological polar surface area (TPSA) is 90.0 Å². The minimum Gasteiger partial charge on any atom is -0.383 e. The molecule has 1 aromatic heterocycles. The second-order valence-corrected chi connectivity index (χ2v) is 9.27. The summed E-state index contributed by atoms with van der Waals surface area (Å²) in [7, 11) is 0.984. The summed E-state index contributed by atoms with van der Waals surface area (Å²) in [4.78, 5) is 12.9. The zero-order valence-corrected chi connectivity index (χ0v) is 16.3. The van der Waals surface area contributed by atoms with E-state index in [2.05, 4.69) is 10.4 Å². The highest BCUT2D eigenvalue weighted by Crippen LogP contribution is 2.47. The number of nitrogen functional groups attached to an aromatic ring is 1. The zero-order valence-electron chi connectivity index (χ0n) is 14.7. The third kappa shape index (κ3) is 3.36. The molecule has 1 saturated carbocycles. The van der Waals surface area contributed by atoms with Gasteiger partial charge in [-0.25, -0.2) is 4.39 Å². The minimum absolute atomic E-state index is 0.0659. The average Bonchev–Trinajstić information content (AvgIpc) is 3.22. The number of aromatic nitrogens is 2. The van der Waals surface area contributed by atoms with Gasteiger partial charge in [0, 0.05) is 41.0 Å². The van der Waals surface area contributed by atoms with Crippen molar-refractivity contribution in [3.8, 4) is 0 Å². The number of rotatable bonds is 3. The van der Waals surface area contributed by atoms with Crippen LogP contribution in [0.15, 0.2) is 18.2 Å². The maximum Gasteiger partial charge on any atom is 0.261 e. The lowest BCUT2D eigenvalue weighted by Gasteiger charge is -2.12. The molecule has 2 aromatic rings. The Balaban J connectivity index is 1.60. The van der Waals surface area contributed by atoms with E-state index in [1.807, 2.05) is 0 Å². The number of fused-ring (bicyclic) bond motifs is 1. The van der Waals surface area contributed by atoms with Gasteiger partial charge in [0.15, 0.2) is 0 Å². The molecule has 2 fully saturated rings. The third-order valence-electron chi connectivity index (χ3n) is 5.55. The number of hydrogen-bond donors (Lipinski definition) is 2. The summed E-state index contributed by atoms with van der Waals surface area (Å²) in [5, 5.41) is 7.17. The van der Waals surface area contributed by atoms with Crippen molar-refractivity contribution in [1.29, 1.82) is 0 Å². The molecular formula is C18H20ClFN4O2S. The second kappa shape index (κ2) is 6.91. The largest absolute Gasteiger partial charge is 0.383 e. The van der Waals surface area contributed by atoms with E-state index in [9.17, 15) is 13.4 Å². The molecule has 2 heterocycles. The van der Waals surface area contributed by atoms with Crippen LogP contribution in [0.1, 0.15) is 34.8 Å². The number of nitrogens with zero attached hydrogens (tertiary/aromatic N) is 2. The van der Waals surface area contributed by atoms with E-state index >= 15 is 0 Å². The highest BCUT2D eigenvalue weighted by Gasteiger charge is 2.43. The summed E-state index contributed by atoms with van der Waals surface area (Å²) >= 11 is 5.79. The van der Waals surface area contributed by atoms with Crippen molar-refractivity contribution in [1.82, 2.24) is 9.78 Å².